The topological polar surface area (TPSA) is 101 Å². The van der Waals surface area contributed by atoms with Gasteiger partial charge in [0.1, 0.15) is 11.2 Å². The summed E-state index contributed by atoms with van der Waals surface area (Å²) in [4.78, 5) is 19.7. The number of aromatic amines is 1. The maximum Gasteiger partial charge on any atom is 0.263 e. The molecule has 1 saturated heterocycles. The third-order valence-electron chi connectivity index (χ3n) is 5.30. The molecule has 1 fully saturated rings. The fourth-order valence-corrected chi connectivity index (χ4v) is 4.03. The van der Waals surface area contributed by atoms with Crippen molar-refractivity contribution in [2.24, 2.45) is 0 Å². The molecule has 4 aromatic rings. The maximum absolute atomic E-state index is 12.3. The van der Waals surface area contributed by atoms with Gasteiger partial charge in [0.05, 0.1) is 11.9 Å². The van der Waals surface area contributed by atoms with Gasteiger partial charge in [0.15, 0.2) is 5.82 Å². The molecule has 9 heteroatoms. The fourth-order valence-electron chi connectivity index (χ4n) is 3.82. The van der Waals surface area contributed by atoms with E-state index in [1.807, 2.05) is 24.3 Å². The van der Waals surface area contributed by atoms with Crippen LogP contribution in [-0.2, 0) is 6.42 Å². The van der Waals surface area contributed by atoms with E-state index >= 15 is 0 Å². The van der Waals surface area contributed by atoms with E-state index in [1.54, 1.807) is 16.8 Å². The van der Waals surface area contributed by atoms with E-state index in [4.69, 9.17) is 16.1 Å². The van der Waals surface area contributed by atoms with Gasteiger partial charge in [-0.1, -0.05) is 35.0 Å². The fraction of sp³-hybridized carbons (Fsp3) is 0.300. The van der Waals surface area contributed by atoms with Crippen molar-refractivity contribution in [3.8, 4) is 11.5 Å². The normalized spacial score (nSPS) is 15.2. The Morgan fingerprint density at radius 2 is 2.07 bits per heavy atom. The zero-order valence-corrected chi connectivity index (χ0v) is 16.3. The summed E-state index contributed by atoms with van der Waals surface area (Å²) in [5.41, 5.74) is 2.84. The van der Waals surface area contributed by atoms with Crippen molar-refractivity contribution >= 4 is 17.2 Å². The van der Waals surface area contributed by atoms with Crippen LogP contribution in [0.2, 0.25) is 5.02 Å². The highest BCUT2D eigenvalue weighted by Crippen LogP contribution is 2.28. The van der Waals surface area contributed by atoms with Gasteiger partial charge in [-0.3, -0.25) is 4.79 Å². The molecule has 8 nitrogen and oxygen atoms in total. The van der Waals surface area contributed by atoms with Gasteiger partial charge in [0.25, 0.3) is 11.4 Å². The van der Waals surface area contributed by atoms with Crippen LogP contribution in [0, 0.1) is 0 Å². The summed E-state index contributed by atoms with van der Waals surface area (Å²) in [6, 6.07) is 9.19. The first-order chi connectivity index (χ1) is 14.2. The van der Waals surface area contributed by atoms with Crippen molar-refractivity contribution in [1.82, 2.24) is 30.1 Å². The second kappa shape index (κ2) is 7.46. The van der Waals surface area contributed by atoms with Gasteiger partial charge in [-0.2, -0.15) is 10.1 Å². The van der Waals surface area contributed by atoms with Crippen LogP contribution in [0.1, 0.15) is 35.8 Å². The molecule has 0 atom stereocenters. The number of hydrogen-bond donors (Lipinski definition) is 2. The number of rotatable bonds is 4. The van der Waals surface area contributed by atoms with Crippen molar-refractivity contribution in [2.75, 3.05) is 13.1 Å². The van der Waals surface area contributed by atoms with Gasteiger partial charge < -0.3 is 14.8 Å². The molecule has 4 heterocycles. The minimum atomic E-state index is -0.163. The number of benzene rings is 1. The van der Waals surface area contributed by atoms with E-state index in [9.17, 15) is 4.79 Å². The molecular weight excluding hydrogens is 392 g/mol. The Kier molecular flexibility index (Phi) is 4.65. The van der Waals surface area contributed by atoms with E-state index in [1.165, 1.54) is 0 Å². The van der Waals surface area contributed by atoms with Gasteiger partial charge in [-0.05, 0) is 37.6 Å². The van der Waals surface area contributed by atoms with E-state index in [0.29, 0.717) is 34.4 Å². The van der Waals surface area contributed by atoms with Crippen LogP contribution in [0.5, 0.6) is 0 Å². The number of nitrogens with one attached hydrogen (secondary N) is 2. The summed E-state index contributed by atoms with van der Waals surface area (Å²) >= 11 is 6.22. The van der Waals surface area contributed by atoms with Gasteiger partial charge in [-0.25, -0.2) is 4.52 Å². The minimum absolute atomic E-state index is 0.163. The summed E-state index contributed by atoms with van der Waals surface area (Å²) in [6.45, 7) is 1.87. The van der Waals surface area contributed by atoms with Gasteiger partial charge in [0, 0.05) is 23.4 Å². The number of halogens is 1. The van der Waals surface area contributed by atoms with Crippen LogP contribution in [0.25, 0.3) is 17.1 Å². The summed E-state index contributed by atoms with van der Waals surface area (Å²) in [5, 5.41) is 12.6. The Morgan fingerprint density at radius 3 is 2.90 bits per heavy atom. The molecule has 1 aromatic carbocycles. The molecule has 0 unspecified atom stereocenters. The molecule has 0 radical (unpaired) electrons. The predicted molar refractivity (Wildman–Crippen MR) is 108 cm³/mol. The zero-order chi connectivity index (χ0) is 19.8. The summed E-state index contributed by atoms with van der Waals surface area (Å²) in [7, 11) is 0. The third-order valence-corrected chi connectivity index (χ3v) is 5.67. The Balaban J connectivity index is 1.51. The quantitative estimate of drug-likeness (QED) is 0.536. The molecule has 0 bridgehead atoms. The molecule has 3 aromatic heterocycles. The van der Waals surface area contributed by atoms with Crippen LogP contribution in [0.3, 0.4) is 0 Å². The average Bonchev–Trinajstić information content (AvgIpc) is 3.36. The van der Waals surface area contributed by atoms with Crippen LogP contribution in [-0.4, -0.2) is 37.8 Å². The van der Waals surface area contributed by atoms with E-state index in [0.717, 1.165) is 37.2 Å². The molecule has 0 amide bonds. The number of hydrogen-bond acceptors (Lipinski definition) is 6. The minimum Gasteiger partial charge on any atom is -0.334 e. The largest absolute Gasteiger partial charge is 0.334 e. The molecule has 5 rings (SSSR count). The number of nitrogens with zero attached hydrogens (tertiary/aromatic N) is 4. The van der Waals surface area contributed by atoms with E-state index in [2.05, 4.69) is 25.5 Å². The second-order valence-corrected chi connectivity index (χ2v) is 7.59. The Labute approximate surface area is 170 Å². The van der Waals surface area contributed by atoms with Gasteiger partial charge in [0.2, 0.25) is 0 Å². The molecule has 2 N–H and O–H groups in total. The molecule has 1 aliphatic rings. The highest BCUT2D eigenvalue weighted by Gasteiger charge is 2.22. The number of aromatic nitrogens is 5. The Hall–Kier alpha value is -2.97. The Morgan fingerprint density at radius 1 is 1.24 bits per heavy atom. The first-order valence-corrected chi connectivity index (χ1v) is 9.95. The maximum atomic E-state index is 12.3. The van der Waals surface area contributed by atoms with Crippen LogP contribution in [0.4, 0.5) is 0 Å². The first-order valence-electron chi connectivity index (χ1n) is 9.57. The molecule has 1 aliphatic heterocycles. The lowest BCUT2D eigenvalue weighted by atomic mass is 9.94. The monoisotopic (exact) mass is 410 g/mol. The van der Waals surface area contributed by atoms with Crippen molar-refractivity contribution in [2.45, 2.75) is 25.2 Å². The smallest absolute Gasteiger partial charge is 0.263 e. The molecule has 0 aliphatic carbocycles. The third kappa shape index (κ3) is 3.45. The van der Waals surface area contributed by atoms with E-state index < -0.39 is 0 Å². The molecule has 0 spiro atoms. The average molecular weight is 411 g/mol. The first kappa shape index (κ1) is 18.1. The van der Waals surface area contributed by atoms with Crippen LogP contribution < -0.4 is 10.9 Å². The highest BCUT2D eigenvalue weighted by molar-refractivity contribution is 6.31. The van der Waals surface area contributed by atoms with Gasteiger partial charge in [-0.15, -0.1) is 0 Å². The predicted octanol–water partition coefficient (Wildman–Crippen LogP) is 2.78. The van der Waals surface area contributed by atoms with Crippen LogP contribution >= 0.6 is 11.6 Å². The number of H-pyrrole nitrogens is 1. The lowest BCUT2D eigenvalue weighted by molar-refractivity contribution is 0.424. The number of piperidine rings is 1. The van der Waals surface area contributed by atoms with Crippen molar-refractivity contribution in [3.05, 3.63) is 69.0 Å². The molecule has 29 heavy (non-hydrogen) atoms. The lowest BCUT2D eigenvalue weighted by Gasteiger charge is -2.23. The Bertz CT molecular complexity index is 1220. The molecule has 0 saturated carbocycles. The molecule has 148 valence electrons. The van der Waals surface area contributed by atoms with Crippen LogP contribution in [0.15, 0.2) is 45.8 Å². The highest BCUT2D eigenvalue weighted by atomic mass is 35.5. The lowest BCUT2D eigenvalue weighted by Crippen LogP contribution is -2.28. The van der Waals surface area contributed by atoms with E-state index in [-0.39, 0.29) is 11.5 Å². The van der Waals surface area contributed by atoms with Crippen molar-refractivity contribution in [1.29, 1.82) is 0 Å². The number of fused-ring (bicyclic) bond motifs is 1. The summed E-state index contributed by atoms with van der Waals surface area (Å²) in [5.74, 6) is 1.12. The second-order valence-electron chi connectivity index (χ2n) is 7.19. The van der Waals surface area contributed by atoms with Crippen molar-refractivity contribution < 1.29 is 4.52 Å². The molecular formula is C20H19ClN6O2. The van der Waals surface area contributed by atoms with Crippen molar-refractivity contribution in [3.63, 3.8) is 0 Å². The summed E-state index contributed by atoms with van der Waals surface area (Å²) in [6.07, 6.45) is 4.05. The van der Waals surface area contributed by atoms with Gasteiger partial charge >= 0.3 is 0 Å². The standard InChI is InChI=1S/C20H19ClN6O2/c21-15-4-2-1-3-13(15)9-17-24-20(29-26-17)14-11-23-27-16(10-18(28)25-19(14)27)12-5-7-22-8-6-12/h1-4,10-12,22H,5-9H2,(H,25,28). The summed E-state index contributed by atoms with van der Waals surface area (Å²) < 4.78 is 7.25. The SMILES string of the molecule is O=c1cc(C2CCNCC2)n2ncc(-c3nc(Cc4ccccc4Cl)no3)c2[nH]1. The zero-order valence-electron chi connectivity index (χ0n) is 15.6.